The molecule has 0 radical (unpaired) electrons. The first-order valence-electron chi connectivity index (χ1n) is 5.42. The van der Waals surface area contributed by atoms with Gasteiger partial charge in [0.15, 0.2) is 5.65 Å². The van der Waals surface area contributed by atoms with Crippen LogP contribution in [0, 0.1) is 0 Å². The average Bonchev–Trinajstić information content (AvgIpc) is 2.59. The number of pyridine rings is 1. The van der Waals surface area contributed by atoms with Crippen molar-refractivity contribution in [3.63, 3.8) is 0 Å². The summed E-state index contributed by atoms with van der Waals surface area (Å²) in [6.45, 7) is 4.32. The zero-order valence-electron chi connectivity index (χ0n) is 9.13. The SMILES string of the molecule is CCCc1c(CC)nc2c(Cl)cccn12. The first kappa shape index (κ1) is 10.5. The highest BCUT2D eigenvalue weighted by Crippen LogP contribution is 2.21. The van der Waals surface area contributed by atoms with Crippen molar-refractivity contribution in [2.24, 2.45) is 0 Å². The summed E-state index contributed by atoms with van der Waals surface area (Å²) >= 11 is 6.12. The van der Waals surface area contributed by atoms with Gasteiger partial charge in [-0.2, -0.15) is 0 Å². The van der Waals surface area contributed by atoms with Crippen molar-refractivity contribution < 1.29 is 0 Å². The highest BCUT2D eigenvalue weighted by molar-refractivity contribution is 6.33. The average molecular weight is 223 g/mol. The number of nitrogens with zero attached hydrogens (tertiary/aromatic N) is 2. The van der Waals surface area contributed by atoms with Gasteiger partial charge in [0.2, 0.25) is 0 Å². The second kappa shape index (κ2) is 4.23. The molecule has 15 heavy (non-hydrogen) atoms. The molecule has 3 heteroatoms. The van der Waals surface area contributed by atoms with Crippen molar-refractivity contribution >= 4 is 17.2 Å². The summed E-state index contributed by atoms with van der Waals surface area (Å²) in [4.78, 5) is 4.58. The molecule has 0 spiro atoms. The number of aromatic nitrogens is 2. The fraction of sp³-hybridized carbons (Fsp3) is 0.417. The molecule has 0 bridgehead atoms. The molecule has 0 saturated carbocycles. The van der Waals surface area contributed by atoms with E-state index in [4.69, 9.17) is 11.6 Å². The highest BCUT2D eigenvalue weighted by atomic mass is 35.5. The molecular weight excluding hydrogens is 208 g/mol. The number of halogens is 1. The van der Waals surface area contributed by atoms with E-state index >= 15 is 0 Å². The van der Waals surface area contributed by atoms with Crippen LogP contribution >= 0.6 is 11.6 Å². The first-order chi connectivity index (χ1) is 7.27. The Balaban J connectivity index is 2.68. The van der Waals surface area contributed by atoms with Crippen LogP contribution in [-0.2, 0) is 12.8 Å². The molecule has 2 nitrogen and oxygen atoms in total. The van der Waals surface area contributed by atoms with Gasteiger partial charge in [-0.3, -0.25) is 0 Å². The summed E-state index contributed by atoms with van der Waals surface area (Å²) in [6, 6.07) is 3.86. The Morgan fingerprint density at radius 2 is 2.20 bits per heavy atom. The van der Waals surface area contributed by atoms with E-state index in [2.05, 4.69) is 23.2 Å². The molecule has 0 amide bonds. The Labute approximate surface area is 94.9 Å². The number of imidazole rings is 1. The molecule has 80 valence electrons. The van der Waals surface area contributed by atoms with Gasteiger partial charge in [-0.1, -0.05) is 31.9 Å². The lowest BCUT2D eigenvalue weighted by Crippen LogP contribution is -1.95. The molecule has 2 aromatic rings. The Morgan fingerprint density at radius 3 is 2.87 bits per heavy atom. The molecule has 0 atom stereocenters. The van der Waals surface area contributed by atoms with E-state index in [1.54, 1.807) is 0 Å². The molecule has 0 fully saturated rings. The molecule has 0 saturated heterocycles. The van der Waals surface area contributed by atoms with Crippen LogP contribution < -0.4 is 0 Å². The van der Waals surface area contributed by atoms with E-state index in [1.807, 2.05) is 18.3 Å². The molecule has 0 aliphatic rings. The van der Waals surface area contributed by atoms with Gasteiger partial charge in [-0.15, -0.1) is 0 Å². The largest absolute Gasteiger partial charge is 0.303 e. The zero-order valence-corrected chi connectivity index (χ0v) is 9.88. The Hall–Kier alpha value is -1.02. The van der Waals surface area contributed by atoms with Gasteiger partial charge in [0, 0.05) is 11.9 Å². The Morgan fingerprint density at radius 1 is 1.40 bits per heavy atom. The zero-order chi connectivity index (χ0) is 10.8. The van der Waals surface area contributed by atoms with Crippen LogP contribution in [0.4, 0.5) is 0 Å². The van der Waals surface area contributed by atoms with Crippen molar-refractivity contribution in [3.8, 4) is 0 Å². The van der Waals surface area contributed by atoms with Crippen LogP contribution in [0.3, 0.4) is 0 Å². The van der Waals surface area contributed by atoms with Gasteiger partial charge < -0.3 is 4.40 Å². The lowest BCUT2D eigenvalue weighted by Gasteiger charge is -2.01. The fourth-order valence-corrected chi connectivity index (χ4v) is 2.12. The summed E-state index contributed by atoms with van der Waals surface area (Å²) in [5.41, 5.74) is 3.36. The number of hydrogen-bond acceptors (Lipinski definition) is 1. The first-order valence-corrected chi connectivity index (χ1v) is 5.80. The molecule has 0 aliphatic carbocycles. The van der Waals surface area contributed by atoms with Gasteiger partial charge in [0.25, 0.3) is 0 Å². The molecule has 0 aromatic carbocycles. The van der Waals surface area contributed by atoms with Crippen molar-refractivity contribution in [2.45, 2.75) is 33.1 Å². The summed E-state index contributed by atoms with van der Waals surface area (Å²) < 4.78 is 2.12. The van der Waals surface area contributed by atoms with E-state index in [-0.39, 0.29) is 0 Å². The van der Waals surface area contributed by atoms with E-state index < -0.39 is 0 Å². The van der Waals surface area contributed by atoms with Crippen molar-refractivity contribution in [3.05, 3.63) is 34.7 Å². The lowest BCUT2D eigenvalue weighted by atomic mass is 10.2. The second-order valence-corrected chi connectivity index (χ2v) is 4.07. The van der Waals surface area contributed by atoms with E-state index in [0.29, 0.717) is 0 Å². The highest BCUT2D eigenvalue weighted by Gasteiger charge is 2.11. The summed E-state index contributed by atoms with van der Waals surface area (Å²) in [5, 5.41) is 0.731. The second-order valence-electron chi connectivity index (χ2n) is 3.66. The van der Waals surface area contributed by atoms with Crippen LogP contribution in [0.5, 0.6) is 0 Å². The fourth-order valence-electron chi connectivity index (χ4n) is 1.91. The topological polar surface area (TPSA) is 17.3 Å². The summed E-state index contributed by atoms with van der Waals surface area (Å²) in [7, 11) is 0. The minimum atomic E-state index is 0.731. The standard InChI is InChI=1S/C12H15ClN2/c1-3-6-11-10(4-2)14-12-9(13)7-5-8-15(11)12/h5,7-8H,3-4,6H2,1-2H3. The third kappa shape index (κ3) is 1.74. The maximum Gasteiger partial charge on any atom is 0.156 e. The minimum Gasteiger partial charge on any atom is -0.303 e. The summed E-state index contributed by atoms with van der Waals surface area (Å²) in [5.74, 6) is 0. The van der Waals surface area contributed by atoms with Crippen molar-refractivity contribution in [1.29, 1.82) is 0 Å². The van der Waals surface area contributed by atoms with E-state index in [1.165, 1.54) is 11.4 Å². The molecule has 2 aromatic heterocycles. The lowest BCUT2D eigenvalue weighted by molar-refractivity contribution is 0.845. The normalized spacial score (nSPS) is 11.1. The van der Waals surface area contributed by atoms with Gasteiger partial charge >= 0.3 is 0 Å². The predicted octanol–water partition coefficient (Wildman–Crippen LogP) is 3.50. The molecule has 0 aliphatic heterocycles. The van der Waals surface area contributed by atoms with E-state index in [9.17, 15) is 0 Å². The van der Waals surface area contributed by atoms with Gasteiger partial charge in [-0.25, -0.2) is 4.98 Å². The summed E-state index contributed by atoms with van der Waals surface area (Å²) in [6.07, 6.45) is 5.20. The van der Waals surface area contributed by atoms with Crippen LogP contribution in [-0.4, -0.2) is 9.38 Å². The van der Waals surface area contributed by atoms with E-state index in [0.717, 1.165) is 29.9 Å². The van der Waals surface area contributed by atoms with Gasteiger partial charge in [0.1, 0.15) is 0 Å². The van der Waals surface area contributed by atoms with Crippen LogP contribution in [0.25, 0.3) is 5.65 Å². The quantitative estimate of drug-likeness (QED) is 0.777. The number of aryl methyl sites for hydroxylation is 2. The van der Waals surface area contributed by atoms with Crippen molar-refractivity contribution in [2.75, 3.05) is 0 Å². The number of fused-ring (bicyclic) bond motifs is 1. The van der Waals surface area contributed by atoms with Crippen LogP contribution in [0.2, 0.25) is 5.02 Å². The predicted molar refractivity (Wildman–Crippen MR) is 63.6 cm³/mol. The molecule has 0 unspecified atom stereocenters. The maximum atomic E-state index is 6.12. The molecule has 0 N–H and O–H groups in total. The Bertz CT molecular complexity index is 474. The maximum absolute atomic E-state index is 6.12. The molecule has 2 heterocycles. The smallest absolute Gasteiger partial charge is 0.156 e. The van der Waals surface area contributed by atoms with Gasteiger partial charge in [-0.05, 0) is 25.0 Å². The van der Waals surface area contributed by atoms with Gasteiger partial charge in [0.05, 0.1) is 10.7 Å². The third-order valence-electron chi connectivity index (χ3n) is 2.61. The van der Waals surface area contributed by atoms with Crippen LogP contribution in [0.1, 0.15) is 31.7 Å². The third-order valence-corrected chi connectivity index (χ3v) is 2.90. The van der Waals surface area contributed by atoms with Crippen LogP contribution in [0.15, 0.2) is 18.3 Å². The molecular formula is C12H15ClN2. The molecule has 2 rings (SSSR count). The van der Waals surface area contributed by atoms with Crippen molar-refractivity contribution in [1.82, 2.24) is 9.38 Å². The minimum absolute atomic E-state index is 0.731. The monoisotopic (exact) mass is 222 g/mol. The Kier molecular flexibility index (Phi) is 2.96. The number of hydrogen-bond donors (Lipinski definition) is 0. The number of rotatable bonds is 3.